The quantitative estimate of drug-likeness (QED) is 0.339. The van der Waals surface area contributed by atoms with E-state index in [1.54, 1.807) is 0 Å². The zero-order valence-corrected chi connectivity index (χ0v) is 13.9. The Balaban J connectivity index is 0.00000105. The Labute approximate surface area is 127 Å². The second-order valence-corrected chi connectivity index (χ2v) is 5.93. The van der Waals surface area contributed by atoms with E-state index >= 15 is 0 Å². The van der Waals surface area contributed by atoms with Crippen molar-refractivity contribution in [2.24, 2.45) is 0 Å². The number of ether oxygens (including phenoxy) is 1. The largest absolute Gasteiger partial charge is 0.396 e. The molecule has 1 aliphatic rings. The Bertz CT molecular complexity index is 141. The fourth-order valence-corrected chi connectivity index (χ4v) is 2.31. The molecule has 0 saturated carbocycles. The number of aliphatic hydroxyl groups excluding tert-OH is 1. The van der Waals surface area contributed by atoms with E-state index in [1.807, 2.05) is 0 Å². The SMILES string of the molecule is C1CO1.CCCCCCCCCCCCCCCCO. The molecule has 0 aromatic carbocycles. The highest BCUT2D eigenvalue weighted by molar-refractivity contribution is 4.48. The molecular weight excluding hydrogens is 248 g/mol. The lowest BCUT2D eigenvalue weighted by atomic mass is 10.0. The monoisotopic (exact) mass is 286 g/mol. The molecule has 1 rings (SSSR count). The molecule has 1 fully saturated rings. The van der Waals surface area contributed by atoms with Crippen LogP contribution < -0.4 is 0 Å². The topological polar surface area (TPSA) is 32.8 Å². The van der Waals surface area contributed by atoms with E-state index in [9.17, 15) is 0 Å². The van der Waals surface area contributed by atoms with Crippen LogP contribution in [-0.4, -0.2) is 24.9 Å². The van der Waals surface area contributed by atoms with Crippen molar-refractivity contribution in [3.63, 3.8) is 0 Å². The Kier molecular flexibility index (Phi) is 18.8. The van der Waals surface area contributed by atoms with Crippen LogP contribution in [0.25, 0.3) is 0 Å². The molecule has 0 aromatic rings. The molecule has 0 radical (unpaired) electrons. The molecule has 0 amide bonds. The van der Waals surface area contributed by atoms with Gasteiger partial charge in [-0.05, 0) is 6.42 Å². The maximum Gasteiger partial charge on any atom is 0.0701 e. The van der Waals surface area contributed by atoms with E-state index in [4.69, 9.17) is 5.11 Å². The molecule has 0 bridgehead atoms. The maximum absolute atomic E-state index is 8.64. The molecule has 2 nitrogen and oxygen atoms in total. The summed E-state index contributed by atoms with van der Waals surface area (Å²) >= 11 is 0. The molecule has 122 valence electrons. The van der Waals surface area contributed by atoms with E-state index in [0.717, 1.165) is 19.6 Å². The van der Waals surface area contributed by atoms with Crippen molar-refractivity contribution >= 4 is 0 Å². The van der Waals surface area contributed by atoms with Crippen LogP contribution in [0.2, 0.25) is 0 Å². The van der Waals surface area contributed by atoms with Crippen molar-refractivity contribution in [2.45, 2.75) is 96.8 Å². The number of unbranched alkanes of at least 4 members (excludes halogenated alkanes) is 13. The van der Waals surface area contributed by atoms with Crippen LogP contribution in [0.15, 0.2) is 0 Å². The van der Waals surface area contributed by atoms with Gasteiger partial charge in [0.05, 0.1) is 13.2 Å². The predicted molar refractivity (Wildman–Crippen MR) is 88.2 cm³/mol. The van der Waals surface area contributed by atoms with E-state index in [1.165, 1.54) is 83.5 Å². The van der Waals surface area contributed by atoms with Crippen LogP contribution in [-0.2, 0) is 4.74 Å². The Morgan fingerprint density at radius 2 is 0.900 bits per heavy atom. The Morgan fingerprint density at radius 1 is 0.600 bits per heavy atom. The first kappa shape index (κ1) is 19.9. The third-order valence-electron chi connectivity index (χ3n) is 3.72. The van der Waals surface area contributed by atoms with Crippen molar-refractivity contribution < 1.29 is 9.84 Å². The normalized spacial score (nSPS) is 12.9. The Morgan fingerprint density at radius 3 is 1.15 bits per heavy atom. The van der Waals surface area contributed by atoms with Crippen molar-refractivity contribution in [3.05, 3.63) is 0 Å². The molecule has 0 aromatic heterocycles. The van der Waals surface area contributed by atoms with E-state index in [-0.39, 0.29) is 0 Å². The molecule has 20 heavy (non-hydrogen) atoms. The molecular formula is C18H38O2. The predicted octanol–water partition coefficient (Wildman–Crippen LogP) is 5.48. The van der Waals surface area contributed by atoms with Gasteiger partial charge in [-0.25, -0.2) is 0 Å². The summed E-state index contributed by atoms with van der Waals surface area (Å²) < 4.78 is 4.50. The van der Waals surface area contributed by atoms with Crippen molar-refractivity contribution in [2.75, 3.05) is 19.8 Å². The van der Waals surface area contributed by atoms with Crippen molar-refractivity contribution in [3.8, 4) is 0 Å². The van der Waals surface area contributed by atoms with Gasteiger partial charge in [0, 0.05) is 6.61 Å². The fourth-order valence-electron chi connectivity index (χ4n) is 2.31. The molecule has 1 N–H and O–H groups in total. The van der Waals surface area contributed by atoms with Gasteiger partial charge in [0.2, 0.25) is 0 Å². The summed E-state index contributed by atoms with van der Waals surface area (Å²) in [6.45, 7) is 4.65. The number of rotatable bonds is 14. The number of aliphatic hydroxyl groups is 1. The first-order chi connectivity index (χ1) is 9.91. The average molecular weight is 286 g/mol. The van der Waals surface area contributed by atoms with Crippen LogP contribution in [0, 0.1) is 0 Å². The van der Waals surface area contributed by atoms with Crippen molar-refractivity contribution in [1.29, 1.82) is 0 Å². The second kappa shape index (κ2) is 18.9. The minimum absolute atomic E-state index is 0.373. The summed E-state index contributed by atoms with van der Waals surface area (Å²) in [6, 6.07) is 0. The minimum atomic E-state index is 0.373. The fraction of sp³-hybridized carbons (Fsp3) is 1.00. The first-order valence-electron chi connectivity index (χ1n) is 9.10. The maximum atomic E-state index is 8.64. The summed E-state index contributed by atoms with van der Waals surface area (Å²) in [4.78, 5) is 0. The zero-order valence-electron chi connectivity index (χ0n) is 13.9. The summed E-state index contributed by atoms with van der Waals surface area (Å²) in [5.74, 6) is 0. The third kappa shape index (κ3) is 23.0. The highest BCUT2D eigenvalue weighted by Gasteiger charge is 1.94. The van der Waals surface area contributed by atoms with Gasteiger partial charge in [0.25, 0.3) is 0 Å². The van der Waals surface area contributed by atoms with E-state index < -0.39 is 0 Å². The summed E-state index contributed by atoms with van der Waals surface area (Å²) in [6.07, 6.45) is 19.2. The van der Waals surface area contributed by atoms with Gasteiger partial charge in [0.15, 0.2) is 0 Å². The van der Waals surface area contributed by atoms with Crippen molar-refractivity contribution in [1.82, 2.24) is 0 Å². The molecule has 1 aliphatic heterocycles. The average Bonchev–Trinajstić information content (AvgIpc) is 3.32. The summed E-state index contributed by atoms with van der Waals surface area (Å²) in [7, 11) is 0. The number of hydrogen-bond acceptors (Lipinski definition) is 2. The first-order valence-corrected chi connectivity index (χ1v) is 9.10. The Hall–Kier alpha value is -0.0800. The summed E-state index contributed by atoms with van der Waals surface area (Å²) in [5.41, 5.74) is 0. The minimum Gasteiger partial charge on any atom is -0.396 e. The molecule has 0 aliphatic carbocycles. The smallest absolute Gasteiger partial charge is 0.0701 e. The lowest BCUT2D eigenvalue weighted by molar-refractivity contribution is 0.282. The van der Waals surface area contributed by atoms with Gasteiger partial charge in [0.1, 0.15) is 0 Å². The van der Waals surface area contributed by atoms with E-state index in [2.05, 4.69) is 11.7 Å². The molecule has 1 heterocycles. The lowest BCUT2D eigenvalue weighted by Gasteiger charge is -2.02. The highest BCUT2D eigenvalue weighted by Crippen LogP contribution is 2.12. The van der Waals surface area contributed by atoms with Crippen LogP contribution in [0.4, 0.5) is 0 Å². The van der Waals surface area contributed by atoms with Crippen LogP contribution in [0.5, 0.6) is 0 Å². The van der Waals surface area contributed by atoms with E-state index in [0.29, 0.717) is 6.61 Å². The lowest BCUT2D eigenvalue weighted by Crippen LogP contribution is -1.84. The van der Waals surface area contributed by atoms with Crippen LogP contribution >= 0.6 is 0 Å². The zero-order chi connectivity index (χ0) is 14.7. The van der Waals surface area contributed by atoms with Gasteiger partial charge < -0.3 is 9.84 Å². The standard InChI is InChI=1S/C16H34O.C2H4O/c1-2-3-4-5-6-7-8-9-10-11-12-13-14-15-16-17;1-2-3-1/h17H,2-16H2,1H3;1-2H2. The summed E-state index contributed by atoms with van der Waals surface area (Å²) in [5, 5.41) is 8.64. The molecule has 0 unspecified atom stereocenters. The molecule has 2 heteroatoms. The van der Waals surface area contributed by atoms with Gasteiger partial charge in [-0.15, -0.1) is 0 Å². The number of hydrogen-bond donors (Lipinski definition) is 1. The van der Waals surface area contributed by atoms with Crippen LogP contribution in [0.1, 0.15) is 96.8 Å². The van der Waals surface area contributed by atoms with Crippen LogP contribution in [0.3, 0.4) is 0 Å². The van der Waals surface area contributed by atoms with Gasteiger partial charge >= 0.3 is 0 Å². The molecule has 1 saturated heterocycles. The van der Waals surface area contributed by atoms with Gasteiger partial charge in [-0.1, -0.05) is 90.4 Å². The van der Waals surface area contributed by atoms with Gasteiger partial charge in [-0.3, -0.25) is 0 Å². The molecule has 0 atom stereocenters. The second-order valence-electron chi connectivity index (χ2n) is 5.93. The molecule has 0 spiro atoms. The third-order valence-corrected chi connectivity index (χ3v) is 3.72. The van der Waals surface area contributed by atoms with Gasteiger partial charge in [-0.2, -0.15) is 0 Å². The highest BCUT2D eigenvalue weighted by atomic mass is 16.6. The number of epoxide rings is 1.